The lowest BCUT2D eigenvalue weighted by atomic mass is 9.93. The number of halogens is 1. The van der Waals surface area contributed by atoms with Gasteiger partial charge >= 0.3 is 0 Å². The van der Waals surface area contributed by atoms with Crippen LogP contribution in [0.1, 0.15) is 43.0 Å². The smallest absolute Gasteiger partial charge is 0.234 e. The molecule has 0 spiro atoms. The van der Waals surface area contributed by atoms with Crippen molar-refractivity contribution in [1.82, 2.24) is 20.0 Å². The molecule has 1 aromatic heterocycles. The van der Waals surface area contributed by atoms with Crippen LogP contribution in [0.2, 0.25) is 0 Å². The average Bonchev–Trinajstić information content (AvgIpc) is 3.26. The molecule has 0 unspecified atom stereocenters. The van der Waals surface area contributed by atoms with Crippen molar-refractivity contribution in [3.63, 3.8) is 0 Å². The summed E-state index contributed by atoms with van der Waals surface area (Å²) in [4.78, 5) is 14.6. The molecule has 1 aromatic carbocycles. The Morgan fingerprint density at radius 3 is 2.72 bits per heavy atom. The van der Waals surface area contributed by atoms with Gasteiger partial charge in [-0.05, 0) is 69.5 Å². The van der Waals surface area contributed by atoms with Crippen molar-refractivity contribution >= 4 is 5.91 Å². The predicted octanol–water partition coefficient (Wildman–Crippen LogP) is 2.60. The first-order valence-corrected chi connectivity index (χ1v) is 9.05. The van der Waals surface area contributed by atoms with Crippen LogP contribution in [0, 0.1) is 5.82 Å². The summed E-state index contributed by atoms with van der Waals surface area (Å²) in [6.07, 6.45) is 7.09. The van der Waals surface area contributed by atoms with E-state index >= 15 is 0 Å². The van der Waals surface area contributed by atoms with E-state index in [4.69, 9.17) is 0 Å². The van der Waals surface area contributed by atoms with E-state index in [2.05, 4.69) is 15.3 Å². The highest BCUT2D eigenvalue weighted by Crippen LogP contribution is 2.31. The van der Waals surface area contributed by atoms with Crippen LogP contribution in [0.25, 0.3) is 5.69 Å². The molecule has 4 rings (SSSR count). The number of aromatic nitrogens is 2. The molecule has 2 aliphatic rings. The number of hydrogen-bond acceptors (Lipinski definition) is 3. The molecule has 2 heterocycles. The molecule has 25 heavy (non-hydrogen) atoms. The van der Waals surface area contributed by atoms with Gasteiger partial charge in [0, 0.05) is 11.3 Å². The summed E-state index contributed by atoms with van der Waals surface area (Å²) in [7, 11) is 0. The van der Waals surface area contributed by atoms with Gasteiger partial charge in [-0.3, -0.25) is 9.69 Å². The molecule has 6 heteroatoms. The number of carbonyl (C=O) groups is 1. The number of rotatable bonds is 4. The zero-order chi connectivity index (χ0) is 17.2. The fourth-order valence-corrected chi connectivity index (χ4v) is 3.90. The highest BCUT2D eigenvalue weighted by Gasteiger charge is 2.26. The summed E-state index contributed by atoms with van der Waals surface area (Å²) in [6, 6.07) is 6.38. The zero-order valence-electron chi connectivity index (χ0n) is 14.2. The van der Waals surface area contributed by atoms with Crippen molar-refractivity contribution in [2.75, 3.05) is 19.6 Å². The molecule has 0 bridgehead atoms. The van der Waals surface area contributed by atoms with Crippen LogP contribution in [-0.2, 0) is 11.2 Å². The molecule has 1 N–H and O–H groups in total. The number of hydrogen-bond donors (Lipinski definition) is 1. The highest BCUT2D eigenvalue weighted by atomic mass is 19.1. The number of benzene rings is 1. The Morgan fingerprint density at radius 1 is 1.20 bits per heavy atom. The average molecular weight is 342 g/mol. The first-order chi connectivity index (χ1) is 12.2. The van der Waals surface area contributed by atoms with Gasteiger partial charge in [-0.1, -0.05) is 0 Å². The molecule has 1 atom stereocenters. The quantitative estimate of drug-likeness (QED) is 0.929. The summed E-state index contributed by atoms with van der Waals surface area (Å²) in [5.41, 5.74) is 3.06. The molecule has 1 aliphatic carbocycles. The van der Waals surface area contributed by atoms with Gasteiger partial charge in [0.15, 0.2) is 0 Å². The van der Waals surface area contributed by atoms with Crippen LogP contribution in [0.4, 0.5) is 4.39 Å². The monoisotopic (exact) mass is 342 g/mol. The SMILES string of the molecule is O=C(CN1CCCC1)N[C@H]1CCCc2c1cnn2-c1ccc(F)cc1. The van der Waals surface area contributed by atoms with Gasteiger partial charge in [0.25, 0.3) is 0 Å². The standard InChI is InChI=1S/C19H23FN4O/c20-14-6-8-15(9-7-14)24-18-5-3-4-17(16(18)12-21-24)22-19(25)13-23-10-1-2-11-23/h6-9,12,17H,1-5,10-11,13H2,(H,22,25)/t17-/m0/s1. The Hall–Kier alpha value is -2.21. The Balaban J connectivity index is 1.50. The van der Waals surface area contributed by atoms with E-state index in [0.717, 1.165) is 49.3 Å². The number of likely N-dealkylation sites (tertiary alicyclic amines) is 1. The van der Waals surface area contributed by atoms with Crippen molar-refractivity contribution in [3.8, 4) is 5.69 Å². The van der Waals surface area contributed by atoms with Crippen LogP contribution in [-0.4, -0.2) is 40.2 Å². The number of amides is 1. The Labute approximate surface area is 146 Å². The van der Waals surface area contributed by atoms with Gasteiger partial charge in [0.05, 0.1) is 24.5 Å². The molecule has 2 aromatic rings. The largest absolute Gasteiger partial charge is 0.348 e. The molecular weight excluding hydrogens is 319 g/mol. The summed E-state index contributed by atoms with van der Waals surface area (Å²) in [6.45, 7) is 2.52. The van der Waals surface area contributed by atoms with E-state index in [-0.39, 0.29) is 17.8 Å². The molecule has 5 nitrogen and oxygen atoms in total. The van der Waals surface area contributed by atoms with Crippen molar-refractivity contribution in [3.05, 3.63) is 47.5 Å². The maximum atomic E-state index is 13.2. The minimum Gasteiger partial charge on any atom is -0.348 e. The fraction of sp³-hybridized carbons (Fsp3) is 0.474. The van der Waals surface area contributed by atoms with E-state index in [1.807, 2.05) is 10.9 Å². The third kappa shape index (κ3) is 3.44. The number of nitrogens with one attached hydrogen (secondary N) is 1. The first-order valence-electron chi connectivity index (χ1n) is 9.05. The number of carbonyl (C=O) groups excluding carboxylic acids is 1. The Kier molecular flexibility index (Phi) is 4.53. The summed E-state index contributed by atoms with van der Waals surface area (Å²) < 4.78 is 15.0. The third-order valence-electron chi connectivity index (χ3n) is 5.16. The summed E-state index contributed by atoms with van der Waals surface area (Å²) in [5.74, 6) is -0.161. The van der Waals surface area contributed by atoms with Gasteiger partial charge < -0.3 is 5.32 Å². The van der Waals surface area contributed by atoms with Crippen LogP contribution in [0.15, 0.2) is 30.5 Å². The van der Waals surface area contributed by atoms with Gasteiger partial charge in [-0.2, -0.15) is 5.10 Å². The van der Waals surface area contributed by atoms with Crippen LogP contribution in [0.5, 0.6) is 0 Å². The van der Waals surface area contributed by atoms with E-state index in [1.54, 1.807) is 12.1 Å². The van der Waals surface area contributed by atoms with Crippen molar-refractivity contribution in [2.24, 2.45) is 0 Å². The number of nitrogens with zero attached hydrogens (tertiary/aromatic N) is 3. The normalized spacial score (nSPS) is 20.4. The third-order valence-corrected chi connectivity index (χ3v) is 5.16. The van der Waals surface area contributed by atoms with Gasteiger partial charge in [0.1, 0.15) is 5.82 Å². The van der Waals surface area contributed by atoms with Gasteiger partial charge in [0.2, 0.25) is 5.91 Å². The Morgan fingerprint density at radius 2 is 1.96 bits per heavy atom. The van der Waals surface area contributed by atoms with Crippen LogP contribution >= 0.6 is 0 Å². The lowest BCUT2D eigenvalue weighted by Gasteiger charge is -2.25. The maximum Gasteiger partial charge on any atom is 0.234 e. The van der Waals surface area contributed by atoms with Crippen LogP contribution < -0.4 is 5.32 Å². The molecule has 1 aliphatic heterocycles. The second-order valence-corrected chi connectivity index (χ2v) is 6.93. The van der Waals surface area contributed by atoms with E-state index in [9.17, 15) is 9.18 Å². The van der Waals surface area contributed by atoms with Gasteiger partial charge in [-0.25, -0.2) is 9.07 Å². The summed E-state index contributed by atoms with van der Waals surface area (Å²) in [5, 5.41) is 7.67. The molecule has 1 fully saturated rings. The van der Waals surface area contributed by atoms with Crippen LogP contribution in [0.3, 0.4) is 0 Å². The topological polar surface area (TPSA) is 50.2 Å². The van der Waals surface area contributed by atoms with Crippen molar-refractivity contribution < 1.29 is 9.18 Å². The summed E-state index contributed by atoms with van der Waals surface area (Å²) >= 11 is 0. The van der Waals surface area contributed by atoms with E-state index in [1.165, 1.54) is 25.0 Å². The fourth-order valence-electron chi connectivity index (χ4n) is 3.90. The molecule has 0 radical (unpaired) electrons. The van der Waals surface area contributed by atoms with E-state index in [0.29, 0.717) is 6.54 Å². The van der Waals surface area contributed by atoms with Gasteiger partial charge in [-0.15, -0.1) is 0 Å². The Bertz CT molecular complexity index is 749. The van der Waals surface area contributed by atoms with Crippen molar-refractivity contribution in [1.29, 1.82) is 0 Å². The minimum absolute atomic E-state index is 0.0213. The lowest BCUT2D eigenvalue weighted by molar-refractivity contribution is -0.122. The predicted molar refractivity (Wildman–Crippen MR) is 93.0 cm³/mol. The highest BCUT2D eigenvalue weighted by molar-refractivity contribution is 5.78. The molecule has 1 amide bonds. The maximum absolute atomic E-state index is 13.2. The molecular formula is C19H23FN4O. The zero-order valence-corrected chi connectivity index (χ0v) is 14.2. The molecule has 0 saturated carbocycles. The second-order valence-electron chi connectivity index (χ2n) is 6.93. The first kappa shape index (κ1) is 16.3. The molecule has 132 valence electrons. The van der Waals surface area contributed by atoms with E-state index < -0.39 is 0 Å². The second kappa shape index (κ2) is 6.96. The minimum atomic E-state index is -0.253. The lowest BCUT2D eigenvalue weighted by Crippen LogP contribution is -2.38. The molecule has 1 saturated heterocycles. The van der Waals surface area contributed by atoms with Crippen molar-refractivity contribution in [2.45, 2.75) is 38.1 Å². The number of fused-ring (bicyclic) bond motifs is 1.